The Morgan fingerprint density at radius 2 is 1.58 bits per heavy atom. The van der Waals surface area contributed by atoms with Crippen LogP contribution in [0.25, 0.3) is 0 Å². The fourth-order valence-corrected chi connectivity index (χ4v) is 4.59. The van der Waals surface area contributed by atoms with Crippen LogP contribution in [-0.4, -0.2) is 28.7 Å². The third-order valence-electron chi connectivity index (χ3n) is 4.98. The van der Waals surface area contributed by atoms with Crippen molar-refractivity contribution in [1.29, 1.82) is 0 Å². The fourth-order valence-electron chi connectivity index (χ4n) is 3.65. The maximum absolute atomic E-state index is 12.5. The summed E-state index contributed by atoms with van der Waals surface area (Å²) in [4.78, 5) is 15.0. The zero-order chi connectivity index (χ0) is 13.7. The highest BCUT2D eigenvalue weighted by molar-refractivity contribution is 9.09. The highest BCUT2D eigenvalue weighted by atomic mass is 79.9. The van der Waals surface area contributed by atoms with Gasteiger partial charge in [-0.15, -0.1) is 0 Å². The zero-order valence-corrected chi connectivity index (χ0v) is 13.8. The van der Waals surface area contributed by atoms with Crippen molar-refractivity contribution in [2.75, 3.05) is 7.05 Å². The van der Waals surface area contributed by atoms with Crippen molar-refractivity contribution >= 4 is 21.8 Å². The molecule has 2 fully saturated rings. The Morgan fingerprint density at radius 3 is 2.21 bits per heavy atom. The lowest BCUT2D eigenvalue weighted by atomic mass is 9.92. The van der Waals surface area contributed by atoms with Crippen molar-refractivity contribution in [3.63, 3.8) is 0 Å². The largest absolute Gasteiger partial charge is 0.342 e. The standard InChI is InChI=1S/C16H28BrNO/c1-18(15-11-7-6-10-14(15)17)16(19)12-13-8-4-2-3-5-9-13/h13-15H,2-12H2,1H3. The topological polar surface area (TPSA) is 20.3 Å². The van der Waals surface area contributed by atoms with Gasteiger partial charge in [0, 0.05) is 24.3 Å². The monoisotopic (exact) mass is 329 g/mol. The molecule has 0 aliphatic heterocycles. The molecule has 0 saturated heterocycles. The van der Waals surface area contributed by atoms with Gasteiger partial charge in [-0.2, -0.15) is 0 Å². The van der Waals surface area contributed by atoms with E-state index in [0.29, 0.717) is 22.7 Å². The van der Waals surface area contributed by atoms with Gasteiger partial charge in [-0.1, -0.05) is 54.5 Å². The third kappa shape index (κ3) is 4.47. The number of alkyl halides is 1. The summed E-state index contributed by atoms with van der Waals surface area (Å²) in [6, 6.07) is 0.423. The molecule has 0 aromatic carbocycles. The van der Waals surface area contributed by atoms with E-state index < -0.39 is 0 Å². The van der Waals surface area contributed by atoms with Gasteiger partial charge in [-0.25, -0.2) is 0 Å². The molecule has 0 bridgehead atoms. The normalized spacial score (nSPS) is 29.8. The first-order chi connectivity index (χ1) is 9.18. The second-order valence-electron chi connectivity index (χ2n) is 6.43. The Kier molecular flexibility index (Phi) is 6.18. The zero-order valence-electron chi connectivity index (χ0n) is 12.2. The molecule has 2 nitrogen and oxygen atoms in total. The molecule has 3 heteroatoms. The SMILES string of the molecule is CN(C(=O)CC1CCCCCC1)C1CCCCC1Br. The molecule has 0 aromatic heterocycles. The summed E-state index contributed by atoms with van der Waals surface area (Å²) in [5.74, 6) is 1.03. The summed E-state index contributed by atoms with van der Waals surface area (Å²) < 4.78 is 0. The van der Waals surface area contributed by atoms with Crippen LogP contribution >= 0.6 is 15.9 Å². The van der Waals surface area contributed by atoms with Crippen LogP contribution in [0.2, 0.25) is 0 Å². The van der Waals surface area contributed by atoms with Gasteiger partial charge in [0.15, 0.2) is 0 Å². The number of hydrogen-bond acceptors (Lipinski definition) is 1. The van der Waals surface area contributed by atoms with Gasteiger partial charge >= 0.3 is 0 Å². The summed E-state index contributed by atoms with van der Waals surface area (Å²) in [5, 5.41) is 0. The van der Waals surface area contributed by atoms with E-state index in [0.717, 1.165) is 6.42 Å². The van der Waals surface area contributed by atoms with E-state index in [-0.39, 0.29) is 0 Å². The van der Waals surface area contributed by atoms with Gasteiger partial charge in [-0.05, 0) is 31.6 Å². The molecule has 1 amide bonds. The second kappa shape index (κ2) is 7.66. The molecule has 2 unspecified atom stereocenters. The molecule has 19 heavy (non-hydrogen) atoms. The second-order valence-corrected chi connectivity index (χ2v) is 7.61. The first-order valence-electron chi connectivity index (χ1n) is 8.08. The Bertz CT molecular complexity index is 286. The molecule has 2 rings (SSSR count). The minimum absolute atomic E-state index is 0.378. The lowest BCUT2D eigenvalue weighted by molar-refractivity contribution is -0.133. The van der Waals surface area contributed by atoms with Crippen molar-refractivity contribution in [3.8, 4) is 0 Å². The summed E-state index contributed by atoms with van der Waals surface area (Å²) >= 11 is 3.77. The molecule has 0 aromatic rings. The average molecular weight is 330 g/mol. The van der Waals surface area contributed by atoms with E-state index in [2.05, 4.69) is 15.9 Å². The van der Waals surface area contributed by atoms with Crippen LogP contribution in [0.4, 0.5) is 0 Å². The van der Waals surface area contributed by atoms with Crippen molar-refractivity contribution in [2.24, 2.45) is 5.92 Å². The molecule has 2 atom stereocenters. The number of hydrogen-bond donors (Lipinski definition) is 0. The molecule has 0 spiro atoms. The predicted octanol–water partition coefficient (Wildman–Crippen LogP) is 4.51. The molecular formula is C16H28BrNO. The minimum atomic E-state index is 0.378. The molecule has 2 aliphatic carbocycles. The quantitative estimate of drug-likeness (QED) is 0.551. The van der Waals surface area contributed by atoms with Crippen molar-refractivity contribution in [3.05, 3.63) is 0 Å². The van der Waals surface area contributed by atoms with Gasteiger partial charge < -0.3 is 4.90 Å². The molecule has 0 radical (unpaired) electrons. The molecule has 0 N–H and O–H groups in total. The maximum Gasteiger partial charge on any atom is 0.222 e. The van der Waals surface area contributed by atoms with E-state index in [9.17, 15) is 4.79 Å². The Balaban J connectivity index is 1.83. The molecule has 2 saturated carbocycles. The number of carbonyl (C=O) groups excluding carboxylic acids is 1. The first kappa shape index (κ1) is 15.3. The first-order valence-corrected chi connectivity index (χ1v) is 9.00. The number of halogens is 1. The van der Waals surface area contributed by atoms with Crippen molar-refractivity contribution in [2.45, 2.75) is 81.5 Å². The lowest BCUT2D eigenvalue weighted by Gasteiger charge is -2.36. The maximum atomic E-state index is 12.5. The van der Waals surface area contributed by atoms with Crippen LogP contribution in [0.5, 0.6) is 0 Å². The predicted molar refractivity (Wildman–Crippen MR) is 83.6 cm³/mol. The highest BCUT2D eigenvalue weighted by Gasteiger charge is 2.29. The Morgan fingerprint density at radius 1 is 1.00 bits per heavy atom. The van der Waals surface area contributed by atoms with Crippen molar-refractivity contribution in [1.82, 2.24) is 4.90 Å². The van der Waals surface area contributed by atoms with E-state index >= 15 is 0 Å². The molecule has 110 valence electrons. The van der Waals surface area contributed by atoms with E-state index in [1.807, 2.05) is 11.9 Å². The van der Waals surface area contributed by atoms with E-state index in [4.69, 9.17) is 0 Å². The third-order valence-corrected chi connectivity index (χ3v) is 6.04. The lowest BCUT2D eigenvalue weighted by Crippen LogP contribution is -2.44. The van der Waals surface area contributed by atoms with Gasteiger partial charge in [-0.3, -0.25) is 4.79 Å². The number of nitrogens with zero attached hydrogens (tertiary/aromatic N) is 1. The van der Waals surface area contributed by atoms with Crippen LogP contribution in [0, 0.1) is 5.92 Å². The summed E-state index contributed by atoms with van der Waals surface area (Å²) in [5.41, 5.74) is 0. The molecule has 2 aliphatic rings. The molecular weight excluding hydrogens is 302 g/mol. The van der Waals surface area contributed by atoms with E-state index in [1.165, 1.54) is 64.2 Å². The van der Waals surface area contributed by atoms with Crippen LogP contribution in [0.15, 0.2) is 0 Å². The van der Waals surface area contributed by atoms with Gasteiger partial charge in [0.2, 0.25) is 5.91 Å². The minimum Gasteiger partial charge on any atom is -0.342 e. The van der Waals surface area contributed by atoms with Gasteiger partial charge in [0.1, 0.15) is 0 Å². The van der Waals surface area contributed by atoms with Crippen LogP contribution < -0.4 is 0 Å². The van der Waals surface area contributed by atoms with Crippen LogP contribution in [0.1, 0.15) is 70.6 Å². The van der Waals surface area contributed by atoms with Crippen LogP contribution in [0.3, 0.4) is 0 Å². The fraction of sp³-hybridized carbons (Fsp3) is 0.938. The number of rotatable bonds is 3. The molecule has 0 heterocycles. The van der Waals surface area contributed by atoms with E-state index in [1.54, 1.807) is 0 Å². The van der Waals surface area contributed by atoms with Crippen LogP contribution in [-0.2, 0) is 4.79 Å². The number of carbonyl (C=O) groups is 1. The summed E-state index contributed by atoms with van der Waals surface area (Å²) in [6.07, 6.45) is 13.7. The van der Waals surface area contributed by atoms with Crippen molar-refractivity contribution < 1.29 is 4.79 Å². The highest BCUT2D eigenvalue weighted by Crippen LogP contribution is 2.30. The number of amides is 1. The summed E-state index contributed by atoms with van der Waals surface area (Å²) in [6.45, 7) is 0. The Labute approximate surface area is 126 Å². The smallest absolute Gasteiger partial charge is 0.222 e. The van der Waals surface area contributed by atoms with Gasteiger partial charge in [0.25, 0.3) is 0 Å². The average Bonchev–Trinajstić information content (AvgIpc) is 2.67. The summed E-state index contributed by atoms with van der Waals surface area (Å²) in [7, 11) is 2.02. The Hall–Kier alpha value is -0.0500. The van der Waals surface area contributed by atoms with Gasteiger partial charge in [0.05, 0.1) is 0 Å².